The van der Waals surface area contributed by atoms with Gasteiger partial charge in [-0.05, 0) is 31.5 Å². The molecule has 0 saturated heterocycles. The van der Waals surface area contributed by atoms with Crippen molar-refractivity contribution in [2.45, 2.75) is 25.9 Å². The Labute approximate surface area is 124 Å². The monoisotopic (exact) mass is 295 g/mol. The highest BCUT2D eigenvalue weighted by Crippen LogP contribution is 2.25. The fourth-order valence-electron chi connectivity index (χ4n) is 1.72. The molecule has 1 aromatic rings. The highest BCUT2D eigenvalue weighted by molar-refractivity contribution is 5.99. The topological polar surface area (TPSA) is 73.9 Å². The molecule has 0 aliphatic rings. The molecule has 0 aliphatic heterocycles. The van der Waals surface area contributed by atoms with E-state index in [1.54, 1.807) is 19.1 Å². The van der Waals surface area contributed by atoms with Crippen molar-refractivity contribution in [2.24, 2.45) is 0 Å². The smallest absolute Gasteiger partial charge is 0.341 e. The molecule has 0 aromatic heterocycles. The van der Waals surface area contributed by atoms with Crippen LogP contribution in [0.3, 0.4) is 0 Å². The summed E-state index contributed by atoms with van der Waals surface area (Å²) in [7, 11) is 4.22. The average Bonchev–Trinajstić information content (AvgIpc) is 2.52. The Bertz CT molecular complexity index is 523. The van der Waals surface area contributed by atoms with E-state index in [-0.39, 0.29) is 11.5 Å². The van der Waals surface area contributed by atoms with Crippen LogP contribution < -0.4 is 10.1 Å². The number of hydrogen-bond acceptors (Lipinski definition) is 5. The van der Waals surface area contributed by atoms with E-state index in [9.17, 15) is 9.59 Å². The summed E-state index contributed by atoms with van der Waals surface area (Å²) < 4.78 is 15.0. The summed E-state index contributed by atoms with van der Waals surface area (Å²) in [5.41, 5.74) is -0.211. The van der Waals surface area contributed by atoms with E-state index in [1.807, 2.05) is 6.92 Å². The van der Waals surface area contributed by atoms with Gasteiger partial charge in [-0.1, -0.05) is 6.92 Å². The van der Waals surface area contributed by atoms with E-state index >= 15 is 0 Å². The second-order valence-corrected chi connectivity index (χ2v) is 4.65. The van der Waals surface area contributed by atoms with Crippen molar-refractivity contribution in [3.05, 3.63) is 23.8 Å². The lowest BCUT2D eigenvalue weighted by molar-refractivity contribution is -0.136. The summed E-state index contributed by atoms with van der Waals surface area (Å²) in [6.07, 6.45) is 0.523. The van der Waals surface area contributed by atoms with Crippen molar-refractivity contribution in [1.82, 2.24) is 0 Å². The maximum atomic E-state index is 12.2. The molecular weight excluding hydrogens is 274 g/mol. The molecule has 21 heavy (non-hydrogen) atoms. The van der Waals surface area contributed by atoms with Crippen LogP contribution in [0, 0.1) is 0 Å². The van der Waals surface area contributed by atoms with Crippen LogP contribution in [0.1, 0.15) is 30.6 Å². The van der Waals surface area contributed by atoms with Crippen LogP contribution in [0.5, 0.6) is 5.75 Å². The number of hydrogen-bond donors (Lipinski definition) is 1. The molecule has 0 aliphatic carbocycles. The third kappa shape index (κ3) is 3.72. The highest BCUT2D eigenvalue weighted by atomic mass is 16.5. The largest absolute Gasteiger partial charge is 0.496 e. The van der Waals surface area contributed by atoms with E-state index in [4.69, 9.17) is 14.2 Å². The Morgan fingerprint density at radius 2 is 1.90 bits per heavy atom. The minimum atomic E-state index is -0.925. The van der Waals surface area contributed by atoms with E-state index in [0.29, 0.717) is 17.9 Å². The molecule has 0 unspecified atom stereocenters. The zero-order valence-electron chi connectivity index (χ0n) is 13.0. The number of amides is 1. The lowest BCUT2D eigenvalue weighted by atomic mass is 10.0. The molecular formula is C15H21NO5. The van der Waals surface area contributed by atoms with Crippen molar-refractivity contribution in [1.29, 1.82) is 0 Å². The van der Waals surface area contributed by atoms with Crippen molar-refractivity contribution in [3.8, 4) is 5.75 Å². The first-order valence-corrected chi connectivity index (χ1v) is 6.54. The van der Waals surface area contributed by atoms with Crippen molar-refractivity contribution < 1.29 is 23.8 Å². The minimum absolute atomic E-state index is 0.244. The first-order chi connectivity index (χ1) is 9.91. The Hall–Kier alpha value is -2.08. The summed E-state index contributed by atoms with van der Waals surface area (Å²) in [6.45, 7) is 3.56. The van der Waals surface area contributed by atoms with Gasteiger partial charge < -0.3 is 19.5 Å². The third-order valence-electron chi connectivity index (χ3n) is 3.47. The molecule has 1 atom stereocenters. The third-order valence-corrected chi connectivity index (χ3v) is 3.47. The second-order valence-electron chi connectivity index (χ2n) is 4.65. The van der Waals surface area contributed by atoms with Gasteiger partial charge >= 0.3 is 5.97 Å². The van der Waals surface area contributed by atoms with Crippen molar-refractivity contribution >= 4 is 17.6 Å². The Balaban J connectivity index is 3.05. The number of esters is 1. The number of ether oxygens (including phenoxy) is 3. The van der Waals surface area contributed by atoms with Crippen LogP contribution in [-0.2, 0) is 14.3 Å². The Morgan fingerprint density at radius 1 is 1.24 bits per heavy atom. The molecule has 0 radical (unpaired) electrons. The maximum absolute atomic E-state index is 12.2. The number of methoxy groups -OCH3 is 3. The molecule has 0 fully saturated rings. The van der Waals surface area contributed by atoms with E-state index < -0.39 is 11.6 Å². The van der Waals surface area contributed by atoms with Gasteiger partial charge in [-0.25, -0.2) is 4.79 Å². The van der Waals surface area contributed by atoms with Gasteiger partial charge in [-0.3, -0.25) is 4.79 Å². The van der Waals surface area contributed by atoms with Gasteiger partial charge in [-0.15, -0.1) is 0 Å². The number of anilines is 1. The summed E-state index contributed by atoms with van der Waals surface area (Å²) in [5.74, 6) is -0.439. The summed E-state index contributed by atoms with van der Waals surface area (Å²) in [5, 5.41) is 2.73. The summed E-state index contributed by atoms with van der Waals surface area (Å²) in [4.78, 5) is 23.9. The van der Waals surface area contributed by atoms with Crippen LogP contribution in [0.25, 0.3) is 0 Å². The molecule has 6 heteroatoms. The number of carbonyl (C=O) groups excluding carboxylic acids is 2. The molecule has 0 spiro atoms. The zero-order valence-corrected chi connectivity index (χ0v) is 13.0. The molecule has 0 saturated carbocycles. The molecule has 1 N–H and O–H groups in total. The fraction of sp³-hybridized carbons (Fsp3) is 0.467. The molecule has 0 bridgehead atoms. The standard InChI is InChI=1S/C15H21NO5/c1-6-15(2,21-5)14(18)16-10-7-8-12(19-3)11(9-10)13(17)20-4/h7-9H,6H2,1-5H3,(H,16,18)/t15-/m1/s1. The molecule has 1 aromatic carbocycles. The lowest BCUT2D eigenvalue weighted by Gasteiger charge is -2.25. The summed E-state index contributed by atoms with van der Waals surface area (Å²) >= 11 is 0. The molecule has 1 rings (SSSR count). The van der Waals surface area contributed by atoms with E-state index in [0.717, 1.165) is 0 Å². The minimum Gasteiger partial charge on any atom is -0.496 e. The normalized spacial score (nSPS) is 13.2. The van der Waals surface area contributed by atoms with Crippen LogP contribution in [-0.4, -0.2) is 38.8 Å². The maximum Gasteiger partial charge on any atom is 0.341 e. The van der Waals surface area contributed by atoms with Crippen LogP contribution in [0.4, 0.5) is 5.69 Å². The fourth-order valence-corrected chi connectivity index (χ4v) is 1.72. The van der Waals surface area contributed by atoms with E-state index in [1.165, 1.54) is 27.4 Å². The van der Waals surface area contributed by atoms with Gasteiger partial charge in [0.05, 0.1) is 14.2 Å². The first-order valence-electron chi connectivity index (χ1n) is 6.54. The average molecular weight is 295 g/mol. The van der Waals surface area contributed by atoms with Crippen molar-refractivity contribution in [2.75, 3.05) is 26.6 Å². The molecule has 0 heterocycles. The molecule has 116 valence electrons. The van der Waals surface area contributed by atoms with E-state index in [2.05, 4.69) is 5.32 Å². The first kappa shape index (κ1) is 17.0. The van der Waals surface area contributed by atoms with Gasteiger partial charge in [0.25, 0.3) is 5.91 Å². The van der Waals surface area contributed by atoms with Crippen molar-refractivity contribution in [3.63, 3.8) is 0 Å². The highest BCUT2D eigenvalue weighted by Gasteiger charge is 2.31. The van der Waals surface area contributed by atoms with Gasteiger partial charge in [-0.2, -0.15) is 0 Å². The number of rotatable bonds is 6. The Kier molecular flexibility index (Phi) is 5.72. The Morgan fingerprint density at radius 3 is 2.38 bits per heavy atom. The van der Waals surface area contributed by atoms with Crippen LogP contribution in [0.2, 0.25) is 0 Å². The molecule has 1 amide bonds. The molecule has 6 nitrogen and oxygen atoms in total. The van der Waals surface area contributed by atoms with Crippen LogP contribution >= 0.6 is 0 Å². The predicted molar refractivity (Wildman–Crippen MR) is 78.7 cm³/mol. The second kappa shape index (κ2) is 7.08. The quantitative estimate of drug-likeness (QED) is 0.815. The summed E-state index contributed by atoms with van der Waals surface area (Å²) in [6, 6.07) is 4.75. The number of nitrogens with one attached hydrogen (secondary N) is 1. The van der Waals surface area contributed by atoms with Gasteiger partial charge in [0.2, 0.25) is 0 Å². The van der Waals surface area contributed by atoms with Gasteiger partial charge in [0.1, 0.15) is 16.9 Å². The predicted octanol–water partition coefficient (Wildman–Crippen LogP) is 2.24. The zero-order chi connectivity index (χ0) is 16.0. The number of carbonyl (C=O) groups is 2. The SMILES string of the molecule is CC[C@@](C)(OC)C(=O)Nc1ccc(OC)c(C(=O)OC)c1. The van der Waals surface area contributed by atoms with Crippen LogP contribution in [0.15, 0.2) is 18.2 Å². The van der Waals surface area contributed by atoms with Gasteiger partial charge in [0.15, 0.2) is 0 Å². The van der Waals surface area contributed by atoms with Gasteiger partial charge in [0, 0.05) is 12.8 Å². The lowest BCUT2D eigenvalue weighted by Crippen LogP contribution is -2.41. The number of benzene rings is 1.